The Kier molecular flexibility index (Phi) is 7.54. The number of carbonyl (C=O) groups is 2. The minimum absolute atomic E-state index is 0.0906. The van der Waals surface area contributed by atoms with Crippen molar-refractivity contribution in [1.29, 1.82) is 0 Å². The molecule has 3 aromatic carbocycles. The third-order valence-electron chi connectivity index (χ3n) is 7.02. The molecule has 1 N–H and O–H groups in total. The van der Waals surface area contributed by atoms with Crippen molar-refractivity contribution in [3.05, 3.63) is 101 Å². The first-order valence-electron chi connectivity index (χ1n) is 12.5. The zero-order chi connectivity index (χ0) is 24.9. The van der Waals surface area contributed by atoms with Crippen LogP contribution in [0, 0.1) is 0 Å². The molecule has 6 nitrogen and oxygen atoms in total. The molecule has 0 spiro atoms. The molecule has 0 bridgehead atoms. The standard InChI is InChI=1S/C29H31ClN4O2/c30-24-11-6-12-25(20-24)33-18-16-32(17-19-33)15-7-14-31-28(35)27(22-8-2-1-3-9-22)34-21-23-10-4-5-13-26(23)29(34)36/h1-6,8-13,20,27H,7,14-19,21H2,(H,31,35). The van der Waals surface area contributed by atoms with Gasteiger partial charge in [-0.3, -0.25) is 14.5 Å². The number of hydrogen-bond acceptors (Lipinski definition) is 4. The van der Waals surface area contributed by atoms with Gasteiger partial charge in [0.05, 0.1) is 0 Å². The molecule has 2 heterocycles. The van der Waals surface area contributed by atoms with Gasteiger partial charge in [-0.1, -0.05) is 66.2 Å². The number of hydrogen-bond donors (Lipinski definition) is 1. The van der Waals surface area contributed by atoms with Crippen molar-refractivity contribution >= 4 is 29.1 Å². The SMILES string of the molecule is O=C(NCCCN1CCN(c2cccc(Cl)c2)CC1)C(c1ccccc1)N1Cc2ccccc2C1=O. The molecule has 0 aliphatic carbocycles. The largest absolute Gasteiger partial charge is 0.369 e. The Hall–Kier alpha value is -3.35. The molecule has 1 unspecified atom stereocenters. The molecule has 3 aromatic rings. The zero-order valence-corrected chi connectivity index (χ0v) is 21.0. The fourth-order valence-corrected chi connectivity index (χ4v) is 5.29. The lowest BCUT2D eigenvalue weighted by Gasteiger charge is -2.36. The highest BCUT2D eigenvalue weighted by Crippen LogP contribution is 2.31. The maximum Gasteiger partial charge on any atom is 0.255 e. The van der Waals surface area contributed by atoms with Crippen LogP contribution in [0.1, 0.15) is 33.9 Å². The number of rotatable bonds is 8. The van der Waals surface area contributed by atoms with Crippen LogP contribution >= 0.6 is 11.6 Å². The molecular weight excluding hydrogens is 472 g/mol. The maximum atomic E-state index is 13.4. The van der Waals surface area contributed by atoms with Crippen LogP contribution in [0.4, 0.5) is 5.69 Å². The number of nitrogens with zero attached hydrogens (tertiary/aromatic N) is 3. The number of fused-ring (bicyclic) bond motifs is 1. The summed E-state index contributed by atoms with van der Waals surface area (Å²) < 4.78 is 0. The summed E-state index contributed by atoms with van der Waals surface area (Å²) in [6.45, 7) is 5.82. The van der Waals surface area contributed by atoms with E-state index in [2.05, 4.69) is 21.2 Å². The Morgan fingerprint density at radius 2 is 1.67 bits per heavy atom. The highest BCUT2D eigenvalue weighted by atomic mass is 35.5. The van der Waals surface area contributed by atoms with Gasteiger partial charge in [0.25, 0.3) is 5.91 Å². The summed E-state index contributed by atoms with van der Waals surface area (Å²) in [4.78, 5) is 33.0. The molecule has 186 valence electrons. The smallest absolute Gasteiger partial charge is 0.255 e. The second-order valence-electron chi connectivity index (χ2n) is 9.36. The first kappa shape index (κ1) is 24.3. The Balaban J connectivity index is 1.14. The molecule has 2 amide bonds. The summed E-state index contributed by atoms with van der Waals surface area (Å²) in [5.74, 6) is -0.222. The Labute approximate surface area is 217 Å². The van der Waals surface area contributed by atoms with Gasteiger partial charge in [0.15, 0.2) is 0 Å². The molecule has 7 heteroatoms. The maximum absolute atomic E-state index is 13.4. The minimum Gasteiger partial charge on any atom is -0.369 e. The Bertz CT molecular complexity index is 1210. The van der Waals surface area contributed by atoms with Gasteiger partial charge in [-0.2, -0.15) is 0 Å². The molecular formula is C29H31ClN4O2. The first-order chi connectivity index (χ1) is 17.6. The van der Waals surface area contributed by atoms with Gasteiger partial charge in [0.2, 0.25) is 5.91 Å². The molecule has 2 aliphatic heterocycles. The van der Waals surface area contributed by atoms with Gasteiger partial charge in [-0.25, -0.2) is 0 Å². The molecule has 0 aromatic heterocycles. The summed E-state index contributed by atoms with van der Waals surface area (Å²) >= 11 is 6.14. The van der Waals surface area contributed by atoms with Gasteiger partial charge in [-0.05, 0) is 48.4 Å². The van der Waals surface area contributed by atoms with Crippen LogP contribution in [0.5, 0.6) is 0 Å². The predicted molar refractivity (Wildman–Crippen MR) is 143 cm³/mol. The van der Waals surface area contributed by atoms with Crippen LogP contribution in [-0.2, 0) is 11.3 Å². The van der Waals surface area contributed by atoms with Gasteiger partial charge in [-0.15, -0.1) is 0 Å². The highest BCUT2D eigenvalue weighted by molar-refractivity contribution is 6.30. The normalized spacial score (nSPS) is 16.6. The molecule has 2 aliphatic rings. The number of nitrogens with one attached hydrogen (secondary N) is 1. The quantitative estimate of drug-likeness (QED) is 0.465. The van der Waals surface area contributed by atoms with Crippen molar-refractivity contribution < 1.29 is 9.59 Å². The minimum atomic E-state index is -0.646. The third-order valence-corrected chi connectivity index (χ3v) is 7.26. The lowest BCUT2D eigenvalue weighted by molar-refractivity contribution is -0.126. The fourth-order valence-electron chi connectivity index (χ4n) is 5.11. The van der Waals surface area contributed by atoms with Crippen molar-refractivity contribution in [2.24, 2.45) is 0 Å². The van der Waals surface area contributed by atoms with E-state index in [1.165, 1.54) is 5.69 Å². The predicted octanol–water partition coefficient (Wildman–Crippen LogP) is 4.37. The van der Waals surface area contributed by atoms with Crippen molar-refractivity contribution in [3.63, 3.8) is 0 Å². The zero-order valence-electron chi connectivity index (χ0n) is 20.3. The van der Waals surface area contributed by atoms with Crippen LogP contribution in [0.25, 0.3) is 0 Å². The molecule has 1 fully saturated rings. The summed E-state index contributed by atoms with van der Waals surface area (Å²) in [6, 6.07) is 24.5. The summed E-state index contributed by atoms with van der Waals surface area (Å²) in [7, 11) is 0. The van der Waals surface area contributed by atoms with Crippen molar-refractivity contribution in [2.75, 3.05) is 44.2 Å². The van der Waals surface area contributed by atoms with E-state index in [1.54, 1.807) is 4.90 Å². The van der Waals surface area contributed by atoms with Crippen molar-refractivity contribution in [1.82, 2.24) is 15.1 Å². The van der Waals surface area contributed by atoms with Gasteiger partial charge in [0, 0.05) is 55.5 Å². The molecule has 1 atom stereocenters. The van der Waals surface area contributed by atoms with E-state index >= 15 is 0 Å². The summed E-state index contributed by atoms with van der Waals surface area (Å²) in [5.41, 5.74) is 3.64. The molecule has 0 radical (unpaired) electrons. The summed E-state index contributed by atoms with van der Waals surface area (Å²) in [5, 5.41) is 3.86. The van der Waals surface area contributed by atoms with E-state index in [-0.39, 0.29) is 11.8 Å². The van der Waals surface area contributed by atoms with Crippen LogP contribution in [0.2, 0.25) is 5.02 Å². The van der Waals surface area contributed by atoms with Gasteiger partial charge < -0.3 is 15.1 Å². The van der Waals surface area contributed by atoms with Crippen molar-refractivity contribution in [3.8, 4) is 0 Å². The fraction of sp³-hybridized carbons (Fsp3) is 0.310. The van der Waals surface area contributed by atoms with Crippen LogP contribution in [0.15, 0.2) is 78.9 Å². The van der Waals surface area contributed by atoms with Crippen LogP contribution in [0.3, 0.4) is 0 Å². The topological polar surface area (TPSA) is 55.9 Å². The van der Waals surface area contributed by atoms with Gasteiger partial charge >= 0.3 is 0 Å². The van der Waals surface area contributed by atoms with E-state index in [1.807, 2.05) is 72.8 Å². The average Bonchev–Trinajstić information content (AvgIpc) is 3.24. The number of carbonyl (C=O) groups excluding carboxylic acids is 2. The van der Waals surface area contributed by atoms with E-state index < -0.39 is 6.04 Å². The van der Waals surface area contributed by atoms with Crippen LogP contribution < -0.4 is 10.2 Å². The number of halogens is 1. The van der Waals surface area contributed by atoms with E-state index in [9.17, 15) is 9.59 Å². The lowest BCUT2D eigenvalue weighted by Crippen LogP contribution is -2.47. The second-order valence-corrected chi connectivity index (χ2v) is 9.79. The molecule has 36 heavy (non-hydrogen) atoms. The Morgan fingerprint density at radius 3 is 2.42 bits per heavy atom. The number of amides is 2. The number of benzene rings is 3. The Morgan fingerprint density at radius 1 is 0.917 bits per heavy atom. The first-order valence-corrected chi connectivity index (χ1v) is 12.9. The van der Waals surface area contributed by atoms with Crippen LogP contribution in [-0.4, -0.2) is 60.9 Å². The lowest BCUT2D eigenvalue weighted by atomic mass is 10.0. The molecule has 1 saturated heterocycles. The summed E-state index contributed by atoms with van der Waals surface area (Å²) in [6.07, 6.45) is 0.860. The third kappa shape index (κ3) is 5.40. The van der Waals surface area contributed by atoms with Gasteiger partial charge in [0.1, 0.15) is 6.04 Å². The molecule has 5 rings (SSSR count). The van der Waals surface area contributed by atoms with E-state index in [4.69, 9.17) is 11.6 Å². The number of piperazine rings is 1. The van der Waals surface area contributed by atoms with E-state index in [0.717, 1.165) is 55.3 Å². The monoisotopic (exact) mass is 502 g/mol. The number of anilines is 1. The highest BCUT2D eigenvalue weighted by Gasteiger charge is 2.37. The average molecular weight is 503 g/mol. The molecule has 0 saturated carbocycles. The second kappa shape index (κ2) is 11.1. The van der Waals surface area contributed by atoms with Crippen molar-refractivity contribution in [2.45, 2.75) is 19.0 Å². The van der Waals surface area contributed by atoms with E-state index in [0.29, 0.717) is 18.7 Å².